The van der Waals surface area contributed by atoms with Crippen LogP contribution >= 0.6 is 39.0 Å². The minimum absolute atomic E-state index is 0.143. The van der Waals surface area contributed by atoms with Crippen LogP contribution in [0.3, 0.4) is 0 Å². The molecule has 0 aliphatic carbocycles. The molecular weight excluding hydrogens is 544 g/mol. The third kappa shape index (κ3) is 5.72. The maximum Gasteiger partial charge on any atom is 0.236 e. The highest BCUT2D eigenvalue weighted by Crippen LogP contribution is 2.29. The molecule has 35 heavy (non-hydrogen) atoms. The van der Waals surface area contributed by atoms with Gasteiger partial charge in [0.05, 0.1) is 22.5 Å². The summed E-state index contributed by atoms with van der Waals surface area (Å²) in [6.07, 6.45) is 0. The molecule has 7 nitrogen and oxygen atoms in total. The van der Waals surface area contributed by atoms with Gasteiger partial charge in [-0.3, -0.25) is 9.36 Å². The van der Waals surface area contributed by atoms with Gasteiger partial charge >= 0.3 is 0 Å². The van der Waals surface area contributed by atoms with E-state index in [-0.39, 0.29) is 11.7 Å². The number of carbonyl (C=O) groups is 1. The summed E-state index contributed by atoms with van der Waals surface area (Å²) >= 11 is 6.26. The Hall–Kier alpha value is -3.21. The number of fused-ring (bicyclic) bond motifs is 1. The van der Waals surface area contributed by atoms with Crippen LogP contribution in [0.1, 0.15) is 11.4 Å². The zero-order valence-electron chi connectivity index (χ0n) is 18.7. The molecule has 176 valence electrons. The number of thiazole rings is 1. The number of benzene rings is 3. The molecule has 0 fully saturated rings. The van der Waals surface area contributed by atoms with Gasteiger partial charge in [0.25, 0.3) is 0 Å². The Bertz CT molecular complexity index is 1470. The van der Waals surface area contributed by atoms with E-state index in [4.69, 9.17) is 0 Å². The Kier molecular flexibility index (Phi) is 7.12. The molecule has 0 atom stereocenters. The van der Waals surface area contributed by atoms with Crippen LogP contribution in [0.5, 0.6) is 0 Å². The second-order valence-electron chi connectivity index (χ2n) is 7.76. The van der Waals surface area contributed by atoms with Gasteiger partial charge < -0.3 is 10.6 Å². The van der Waals surface area contributed by atoms with Crippen molar-refractivity contribution in [3.63, 3.8) is 0 Å². The standard InChI is InChI=1S/C25H21BrN6OS2/c1-16-7-10-18(11-8-16)27-14-22-30-31-25(32(22)19-5-3-2-4-6-19)34-15-23(33)29-24-28-20-12-9-17(26)13-21(20)35-24/h2-13,27H,14-15H2,1H3,(H,28,29,33). The predicted molar refractivity (Wildman–Crippen MR) is 147 cm³/mol. The highest BCUT2D eigenvalue weighted by atomic mass is 79.9. The Morgan fingerprint density at radius 3 is 2.66 bits per heavy atom. The lowest BCUT2D eigenvalue weighted by atomic mass is 10.2. The molecule has 5 aromatic rings. The summed E-state index contributed by atoms with van der Waals surface area (Å²) < 4.78 is 3.97. The molecule has 0 saturated carbocycles. The number of halogens is 1. The van der Waals surface area contributed by atoms with Crippen molar-refractivity contribution < 1.29 is 4.79 Å². The average Bonchev–Trinajstić information content (AvgIpc) is 3.45. The molecular formula is C25H21BrN6OS2. The Balaban J connectivity index is 1.30. The van der Waals surface area contributed by atoms with Crippen LogP contribution in [-0.2, 0) is 11.3 Å². The molecule has 0 saturated heterocycles. The Morgan fingerprint density at radius 2 is 1.86 bits per heavy atom. The Morgan fingerprint density at radius 1 is 1.06 bits per heavy atom. The topological polar surface area (TPSA) is 84.7 Å². The molecule has 0 unspecified atom stereocenters. The fourth-order valence-corrected chi connectivity index (χ4v) is 5.64. The number of carbonyl (C=O) groups excluding carboxylic acids is 1. The van der Waals surface area contributed by atoms with Crippen LogP contribution in [-0.4, -0.2) is 31.4 Å². The first kappa shape index (κ1) is 23.5. The van der Waals surface area contributed by atoms with Crippen LogP contribution in [0.2, 0.25) is 0 Å². The number of hydrogen-bond donors (Lipinski definition) is 2. The van der Waals surface area contributed by atoms with Crippen LogP contribution in [0.25, 0.3) is 15.9 Å². The van der Waals surface area contributed by atoms with Crippen LogP contribution < -0.4 is 10.6 Å². The maximum atomic E-state index is 12.7. The molecule has 0 spiro atoms. The molecule has 2 N–H and O–H groups in total. The predicted octanol–water partition coefficient (Wildman–Crippen LogP) is 6.29. The smallest absolute Gasteiger partial charge is 0.236 e. The Labute approximate surface area is 219 Å². The summed E-state index contributed by atoms with van der Waals surface area (Å²) in [5, 5.41) is 16.3. The number of nitrogens with zero attached hydrogens (tertiary/aromatic N) is 4. The van der Waals surface area contributed by atoms with Crippen molar-refractivity contribution in [3.8, 4) is 5.69 Å². The number of anilines is 2. The first-order chi connectivity index (χ1) is 17.0. The number of rotatable bonds is 8. The molecule has 10 heteroatoms. The summed E-state index contributed by atoms with van der Waals surface area (Å²) in [6, 6.07) is 24.0. The number of nitrogens with one attached hydrogen (secondary N) is 2. The fourth-order valence-electron chi connectivity index (χ4n) is 3.43. The molecule has 1 amide bonds. The van der Waals surface area contributed by atoms with Crippen molar-refractivity contribution in [1.29, 1.82) is 0 Å². The normalized spacial score (nSPS) is 11.0. The largest absolute Gasteiger partial charge is 0.378 e. The van der Waals surface area contributed by atoms with E-state index in [2.05, 4.69) is 60.8 Å². The van der Waals surface area contributed by atoms with Gasteiger partial charge in [-0.1, -0.05) is 74.9 Å². The number of amides is 1. The number of aromatic nitrogens is 4. The van der Waals surface area contributed by atoms with Crippen molar-refractivity contribution in [2.24, 2.45) is 0 Å². The summed E-state index contributed by atoms with van der Waals surface area (Å²) in [6.45, 7) is 2.56. The number of hydrogen-bond acceptors (Lipinski definition) is 7. The number of thioether (sulfide) groups is 1. The van der Waals surface area contributed by atoms with E-state index in [1.807, 2.05) is 65.2 Å². The van der Waals surface area contributed by atoms with Crippen LogP contribution in [0.15, 0.2) is 82.4 Å². The van der Waals surface area contributed by atoms with Crippen molar-refractivity contribution >= 4 is 66.0 Å². The summed E-state index contributed by atoms with van der Waals surface area (Å²) in [4.78, 5) is 17.2. The van der Waals surface area contributed by atoms with Crippen molar-refractivity contribution in [2.75, 3.05) is 16.4 Å². The number of para-hydroxylation sites is 1. The monoisotopic (exact) mass is 564 g/mol. The molecule has 0 radical (unpaired) electrons. The highest BCUT2D eigenvalue weighted by molar-refractivity contribution is 9.10. The first-order valence-electron chi connectivity index (χ1n) is 10.8. The van der Waals surface area contributed by atoms with Gasteiger partial charge in [0.2, 0.25) is 5.91 Å². The molecule has 2 heterocycles. The third-order valence-corrected chi connectivity index (χ3v) is 7.50. The van der Waals surface area contributed by atoms with E-state index in [1.54, 1.807) is 0 Å². The van der Waals surface area contributed by atoms with E-state index >= 15 is 0 Å². The summed E-state index contributed by atoms with van der Waals surface area (Å²) in [5.74, 6) is 0.808. The van der Waals surface area contributed by atoms with Gasteiger partial charge in [0, 0.05) is 15.8 Å². The number of aryl methyl sites for hydroxylation is 1. The molecule has 0 bridgehead atoms. The lowest BCUT2D eigenvalue weighted by Gasteiger charge is -2.11. The molecule has 0 aliphatic rings. The highest BCUT2D eigenvalue weighted by Gasteiger charge is 2.16. The van der Waals surface area contributed by atoms with Gasteiger partial charge in [-0.2, -0.15) is 0 Å². The zero-order valence-corrected chi connectivity index (χ0v) is 22.0. The van der Waals surface area contributed by atoms with Gasteiger partial charge in [-0.05, 0) is 49.4 Å². The summed E-state index contributed by atoms with van der Waals surface area (Å²) in [7, 11) is 0. The molecule has 2 aromatic heterocycles. The second kappa shape index (κ2) is 10.6. The lowest BCUT2D eigenvalue weighted by Crippen LogP contribution is -2.14. The molecule has 5 rings (SSSR count). The van der Waals surface area contributed by atoms with Crippen LogP contribution in [0.4, 0.5) is 10.8 Å². The maximum absolute atomic E-state index is 12.7. The van der Waals surface area contributed by atoms with Gasteiger partial charge in [-0.25, -0.2) is 4.98 Å². The van der Waals surface area contributed by atoms with E-state index in [0.717, 1.165) is 31.9 Å². The van der Waals surface area contributed by atoms with Crippen molar-refractivity contribution in [3.05, 3.63) is 88.7 Å². The second-order valence-corrected chi connectivity index (χ2v) is 10.6. The first-order valence-corrected chi connectivity index (χ1v) is 13.4. The molecule has 0 aliphatic heterocycles. The SMILES string of the molecule is Cc1ccc(NCc2nnc(SCC(=O)Nc3nc4ccc(Br)cc4s3)n2-c2ccccc2)cc1. The average molecular weight is 566 g/mol. The quantitative estimate of drug-likeness (QED) is 0.215. The van der Waals surface area contributed by atoms with Crippen LogP contribution in [0, 0.1) is 6.92 Å². The summed E-state index contributed by atoms with van der Waals surface area (Å²) in [5.41, 5.74) is 4.02. The van der Waals surface area contributed by atoms with E-state index in [9.17, 15) is 4.79 Å². The fraction of sp³-hybridized carbons (Fsp3) is 0.120. The van der Waals surface area contributed by atoms with Gasteiger partial charge in [-0.15, -0.1) is 10.2 Å². The van der Waals surface area contributed by atoms with Crippen molar-refractivity contribution in [2.45, 2.75) is 18.6 Å². The van der Waals surface area contributed by atoms with Crippen molar-refractivity contribution in [1.82, 2.24) is 19.7 Å². The third-order valence-electron chi connectivity index (χ3n) is 5.15. The lowest BCUT2D eigenvalue weighted by molar-refractivity contribution is -0.113. The van der Waals surface area contributed by atoms with E-state index in [1.165, 1.54) is 28.7 Å². The van der Waals surface area contributed by atoms with E-state index < -0.39 is 0 Å². The van der Waals surface area contributed by atoms with Gasteiger partial charge in [0.15, 0.2) is 16.1 Å². The molecule has 3 aromatic carbocycles. The minimum atomic E-state index is -0.143. The van der Waals surface area contributed by atoms with E-state index in [0.29, 0.717) is 16.8 Å². The zero-order chi connectivity index (χ0) is 24.2. The minimum Gasteiger partial charge on any atom is -0.378 e. The van der Waals surface area contributed by atoms with Gasteiger partial charge in [0.1, 0.15) is 0 Å².